The number of aromatic amines is 1. The summed E-state index contributed by atoms with van der Waals surface area (Å²) in [5, 5.41) is 0. The molecule has 1 N–H and O–H groups in total. The lowest BCUT2D eigenvalue weighted by Crippen LogP contribution is -2.15. The van der Waals surface area contributed by atoms with Crippen LogP contribution in [-0.2, 0) is 6.42 Å². The van der Waals surface area contributed by atoms with Crippen molar-refractivity contribution in [1.29, 1.82) is 0 Å². The van der Waals surface area contributed by atoms with E-state index in [1.54, 1.807) is 0 Å². The van der Waals surface area contributed by atoms with E-state index in [0.717, 1.165) is 11.3 Å². The summed E-state index contributed by atoms with van der Waals surface area (Å²) in [4.78, 5) is 18.7. The van der Waals surface area contributed by atoms with Crippen molar-refractivity contribution in [1.82, 2.24) is 9.97 Å². The predicted octanol–water partition coefficient (Wildman–Crippen LogP) is 1.77. The molecular weight excluding hydrogens is 244 g/mol. The number of nitrogens with one attached hydrogen (secondary N) is 1. The average molecular weight is 258 g/mol. The molecule has 1 aromatic carbocycles. The van der Waals surface area contributed by atoms with Crippen molar-refractivity contribution >= 4 is 0 Å². The van der Waals surface area contributed by atoms with Crippen molar-refractivity contribution < 1.29 is 9.47 Å². The van der Waals surface area contributed by atoms with Crippen molar-refractivity contribution in [2.75, 3.05) is 13.2 Å². The van der Waals surface area contributed by atoms with Crippen molar-refractivity contribution in [3.8, 4) is 22.8 Å². The quantitative estimate of drug-likeness (QED) is 0.891. The van der Waals surface area contributed by atoms with E-state index in [4.69, 9.17) is 9.47 Å². The van der Waals surface area contributed by atoms with Gasteiger partial charge in [-0.15, -0.1) is 0 Å². The van der Waals surface area contributed by atoms with E-state index in [2.05, 4.69) is 9.97 Å². The topological polar surface area (TPSA) is 64.2 Å². The number of hydrogen-bond donors (Lipinski definition) is 1. The molecular formula is C14H14N2O3. The third kappa shape index (κ3) is 2.31. The number of aromatic nitrogens is 2. The Balaban J connectivity index is 2.06. The summed E-state index contributed by atoms with van der Waals surface area (Å²) in [5.41, 5.74) is 1.36. The second-order valence-electron chi connectivity index (χ2n) is 4.29. The van der Waals surface area contributed by atoms with Gasteiger partial charge in [0.05, 0.1) is 5.69 Å². The van der Waals surface area contributed by atoms with Crippen molar-refractivity contribution in [3.05, 3.63) is 40.4 Å². The highest BCUT2D eigenvalue weighted by atomic mass is 16.6. The van der Waals surface area contributed by atoms with Crippen molar-refractivity contribution in [3.63, 3.8) is 0 Å². The Kier molecular flexibility index (Phi) is 2.95. The molecule has 0 fully saturated rings. The molecule has 1 aliphatic heterocycles. The van der Waals surface area contributed by atoms with Gasteiger partial charge in [0.25, 0.3) is 5.56 Å². The first-order chi connectivity index (χ1) is 9.26. The van der Waals surface area contributed by atoms with Crippen LogP contribution in [0.3, 0.4) is 0 Å². The normalized spacial score (nSPS) is 13.3. The summed E-state index contributed by atoms with van der Waals surface area (Å²) < 4.78 is 11.0. The molecule has 0 bridgehead atoms. The molecule has 0 radical (unpaired) electrons. The van der Waals surface area contributed by atoms with E-state index >= 15 is 0 Å². The van der Waals surface area contributed by atoms with Crippen LogP contribution in [0.25, 0.3) is 11.3 Å². The van der Waals surface area contributed by atoms with Gasteiger partial charge in [0.15, 0.2) is 11.5 Å². The van der Waals surface area contributed by atoms with E-state index in [1.807, 2.05) is 25.1 Å². The van der Waals surface area contributed by atoms with Gasteiger partial charge in [0.2, 0.25) is 0 Å². The van der Waals surface area contributed by atoms with Crippen LogP contribution in [0.4, 0.5) is 0 Å². The van der Waals surface area contributed by atoms with Gasteiger partial charge in [-0.05, 0) is 18.2 Å². The number of nitrogens with zero attached hydrogens (tertiary/aromatic N) is 1. The third-order valence-corrected chi connectivity index (χ3v) is 2.96. The fourth-order valence-electron chi connectivity index (χ4n) is 2.03. The standard InChI is InChI=1S/C14H14N2O3/c1-2-13-15-10(8-14(17)16-13)9-3-4-11-12(7-9)19-6-5-18-11/h3-4,7-8H,2,5-6H2,1H3,(H,15,16,17). The maximum absolute atomic E-state index is 11.6. The SMILES string of the molecule is CCc1nc(-c2ccc3c(c2)OCCO3)cc(=O)[nH]1. The number of hydrogen-bond acceptors (Lipinski definition) is 4. The minimum Gasteiger partial charge on any atom is -0.486 e. The molecule has 0 saturated heterocycles. The lowest BCUT2D eigenvalue weighted by atomic mass is 10.1. The van der Waals surface area contributed by atoms with Crippen LogP contribution in [-0.4, -0.2) is 23.2 Å². The Labute approximate surface area is 110 Å². The van der Waals surface area contributed by atoms with Crippen LogP contribution in [0.2, 0.25) is 0 Å². The second-order valence-corrected chi connectivity index (χ2v) is 4.29. The molecule has 0 aliphatic carbocycles. The van der Waals surface area contributed by atoms with Crippen LogP contribution in [0, 0.1) is 0 Å². The monoisotopic (exact) mass is 258 g/mol. The lowest BCUT2D eigenvalue weighted by Gasteiger charge is -2.18. The highest BCUT2D eigenvalue weighted by Gasteiger charge is 2.13. The van der Waals surface area contributed by atoms with Crippen molar-refractivity contribution in [2.24, 2.45) is 0 Å². The minimum atomic E-state index is -0.142. The molecule has 1 aromatic heterocycles. The Bertz CT molecular complexity index is 664. The molecule has 0 unspecified atom stereocenters. The Morgan fingerprint density at radius 2 is 2.00 bits per heavy atom. The fourth-order valence-corrected chi connectivity index (χ4v) is 2.03. The Morgan fingerprint density at radius 1 is 1.21 bits per heavy atom. The summed E-state index contributed by atoms with van der Waals surface area (Å²) in [6.45, 7) is 3.06. The van der Waals surface area contributed by atoms with Gasteiger partial charge in [-0.25, -0.2) is 4.98 Å². The zero-order valence-electron chi connectivity index (χ0n) is 10.6. The van der Waals surface area contributed by atoms with E-state index in [1.165, 1.54) is 6.07 Å². The molecule has 0 spiro atoms. The minimum absolute atomic E-state index is 0.142. The first-order valence-corrected chi connectivity index (χ1v) is 6.26. The molecule has 5 nitrogen and oxygen atoms in total. The highest BCUT2D eigenvalue weighted by Crippen LogP contribution is 2.33. The van der Waals surface area contributed by atoms with Gasteiger partial charge in [-0.3, -0.25) is 4.79 Å². The van der Waals surface area contributed by atoms with E-state index in [9.17, 15) is 4.79 Å². The van der Waals surface area contributed by atoms with Gasteiger partial charge in [0, 0.05) is 18.1 Å². The van der Waals surface area contributed by atoms with Crippen LogP contribution < -0.4 is 15.0 Å². The first-order valence-electron chi connectivity index (χ1n) is 6.26. The van der Waals surface area contributed by atoms with Crippen LogP contribution >= 0.6 is 0 Å². The van der Waals surface area contributed by atoms with Crippen LogP contribution in [0.1, 0.15) is 12.7 Å². The molecule has 98 valence electrons. The van der Waals surface area contributed by atoms with Gasteiger partial charge in [-0.2, -0.15) is 0 Å². The molecule has 2 aromatic rings. The average Bonchev–Trinajstić information content (AvgIpc) is 2.46. The summed E-state index contributed by atoms with van der Waals surface area (Å²) >= 11 is 0. The number of benzene rings is 1. The maximum atomic E-state index is 11.6. The van der Waals surface area contributed by atoms with Gasteiger partial charge >= 0.3 is 0 Å². The fraction of sp³-hybridized carbons (Fsp3) is 0.286. The second kappa shape index (κ2) is 4.76. The van der Waals surface area contributed by atoms with Gasteiger partial charge in [-0.1, -0.05) is 6.92 Å². The third-order valence-electron chi connectivity index (χ3n) is 2.96. The molecule has 1 aliphatic rings. The van der Waals surface area contributed by atoms with Gasteiger partial charge < -0.3 is 14.5 Å². The number of fused-ring (bicyclic) bond motifs is 1. The summed E-state index contributed by atoms with van der Waals surface area (Å²) in [6, 6.07) is 7.08. The molecule has 0 amide bonds. The molecule has 5 heteroatoms. The number of aryl methyl sites for hydroxylation is 1. The molecule has 19 heavy (non-hydrogen) atoms. The van der Waals surface area contributed by atoms with E-state index in [0.29, 0.717) is 36.9 Å². The summed E-state index contributed by atoms with van der Waals surface area (Å²) in [7, 11) is 0. The molecule has 0 atom stereocenters. The lowest BCUT2D eigenvalue weighted by molar-refractivity contribution is 0.171. The van der Waals surface area contributed by atoms with Crippen LogP contribution in [0.5, 0.6) is 11.5 Å². The molecule has 2 heterocycles. The largest absolute Gasteiger partial charge is 0.486 e. The first kappa shape index (κ1) is 11.8. The van der Waals surface area contributed by atoms with E-state index in [-0.39, 0.29) is 5.56 Å². The van der Waals surface area contributed by atoms with Crippen LogP contribution in [0.15, 0.2) is 29.1 Å². The zero-order valence-corrected chi connectivity index (χ0v) is 10.6. The molecule has 3 rings (SSSR count). The maximum Gasteiger partial charge on any atom is 0.251 e. The Hall–Kier alpha value is -2.30. The number of H-pyrrole nitrogens is 1. The van der Waals surface area contributed by atoms with Crippen molar-refractivity contribution in [2.45, 2.75) is 13.3 Å². The van der Waals surface area contributed by atoms with E-state index < -0.39 is 0 Å². The summed E-state index contributed by atoms with van der Waals surface area (Å²) in [6.07, 6.45) is 0.688. The highest BCUT2D eigenvalue weighted by molar-refractivity contribution is 5.63. The number of rotatable bonds is 2. The summed E-state index contributed by atoms with van der Waals surface area (Å²) in [5.74, 6) is 2.11. The molecule has 0 saturated carbocycles. The smallest absolute Gasteiger partial charge is 0.251 e. The zero-order chi connectivity index (χ0) is 13.2. The number of ether oxygens (including phenoxy) is 2. The predicted molar refractivity (Wildman–Crippen MR) is 70.7 cm³/mol. The van der Waals surface area contributed by atoms with Gasteiger partial charge in [0.1, 0.15) is 19.0 Å². The Morgan fingerprint density at radius 3 is 2.79 bits per heavy atom.